The summed E-state index contributed by atoms with van der Waals surface area (Å²) in [6, 6.07) is 20.9. The molecule has 4 rings (SSSR count). The fraction of sp³-hybridized carbons (Fsp3) is 0.0417. The zero-order valence-electron chi connectivity index (χ0n) is 17.4. The Hall–Kier alpha value is -4.79. The third-order valence-corrected chi connectivity index (χ3v) is 5.10. The van der Waals surface area contributed by atoms with E-state index in [2.05, 4.69) is 10.5 Å². The zero-order chi connectivity index (χ0) is 23.5. The molecule has 0 unspecified atom stereocenters. The Morgan fingerprint density at radius 3 is 2.30 bits per heavy atom. The Morgan fingerprint density at radius 1 is 1.00 bits per heavy atom. The number of nitrogens with one attached hydrogen (secondary N) is 1. The molecule has 9 nitrogen and oxygen atoms in total. The summed E-state index contributed by atoms with van der Waals surface area (Å²) in [5.41, 5.74) is 3.03. The Labute approximate surface area is 187 Å². The summed E-state index contributed by atoms with van der Waals surface area (Å²) < 4.78 is 1.47. The van der Waals surface area contributed by atoms with Crippen LogP contribution in [0.3, 0.4) is 0 Å². The number of fused-ring (bicyclic) bond motifs is 1. The summed E-state index contributed by atoms with van der Waals surface area (Å²) in [5.74, 6) is -0.860. The second-order valence-electron chi connectivity index (χ2n) is 7.16. The number of hydrazone groups is 1. The lowest BCUT2D eigenvalue weighted by Gasteiger charge is -2.15. The Morgan fingerprint density at radius 2 is 1.64 bits per heavy atom. The summed E-state index contributed by atoms with van der Waals surface area (Å²) >= 11 is 0. The van der Waals surface area contributed by atoms with Gasteiger partial charge >= 0.3 is 0 Å². The average molecular weight is 442 g/mol. The minimum atomic E-state index is -0.618. The van der Waals surface area contributed by atoms with Gasteiger partial charge in [0.2, 0.25) is 0 Å². The molecule has 3 aromatic carbocycles. The number of hydrogen-bond acceptors (Lipinski definition) is 6. The van der Waals surface area contributed by atoms with Crippen LogP contribution in [0.2, 0.25) is 0 Å². The summed E-state index contributed by atoms with van der Waals surface area (Å²) in [6.45, 7) is 1.50. The van der Waals surface area contributed by atoms with Crippen LogP contribution >= 0.6 is 0 Å². The minimum absolute atomic E-state index is 0.0541. The van der Waals surface area contributed by atoms with Gasteiger partial charge in [-0.05, 0) is 43.3 Å². The molecule has 0 atom stereocenters. The first-order valence-electron chi connectivity index (χ1n) is 9.90. The van der Waals surface area contributed by atoms with Gasteiger partial charge in [-0.15, -0.1) is 0 Å². The zero-order valence-corrected chi connectivity index (χ0v) is 17.4. The van der Waals surface area contributed by atoms with Crippen molar-refractivity contribution in [2.45, 2.75) is 6.92 Å². The second-order valence-corrected chi connectivity index (χ2v) is 7.16. The number of rotatable bonds is 5. The van der Waals surface area contributed by atoms with Crippen LogP contribution in [0.15, 0.2) is 88.8 Å². The molecule has 33 heavy (non-hydrogen) atoms. The van der Waals surface area contributed by atoms with Crippen LogP contribution in [-0.4, -0.2) is 26.2 Å². The topological polar surface area (TPSA) is 127 Å². The van der Waals surface area contributed by atoms with Gasteiger partial charge in [0.1, 0.15) is 11.3 Å². The molecule has 1 aromatic heterocycles. The standard InChI is InChI=1S/C24H18N4O5/c1-15(25-26-23(30)16-11-13-18(14-12-16)28(32)33)21-22(29)19-9-5-6-10-20(19)27(24(21)31)17-7-3-2-4-8-17/h2-14,29H,1H3,(H,26,30)/b25-15+. The van der Waals surface area contributed by atoms with E-state index in [0.717, 1.165) is 0 Å². The minimum Gasteiger partial charge on any atom is -0.506 e. The molecule has 0 bridgehead atoms. The van der Waals surface area contributed by atoms with Crippen molar-refractivity contribution in [1.29, 1.82) is 0 Å². The van der Waals surface area contributed by atoms with E-state index < -0.39 is 16.4 Å². The largest absolute Gasteiger partial charge is 0.506 e. The van der Waals surface area contributed by atoms with E-state index in [-0.39, 0.29) is 28.3 Å². The number of nitro benzene ring substituents is 1. The van der Waals surface area contributed by atoms with Crippen LogP contribution in [0.4, 0.5) is 5.69 Å². The third-order valence-electron chi connectivity index (χ3n) is 5.10. The molecule has 1 heterocycles. The lowest BCUT2D eigenvalue weighted by Crippen LogP contribution is -2.27. The summed E-state index contributed by atoms with van der Waals surface area (Å²) in [4.78, 5) is 36.0. The van der Waals surface area contributed by atoms with E-state index >= 15 is 0 Å². The van der Waals surface area contributed by atoms with Crippen molar-refractivity contribution in [1.82, 2.24) is 9.99 Å². The highest BCUT2D eigenvalue weighted by molar-refractivity contribution is 6.06. The molecule has 0 aliphatic heterocycles. The monoisotopic (exact) mass is 442 g/mol. The van der Waals surface area contributed by atoms with Crippen molar-refractivity contribution in [3.8, 4) is 11.4 Å². The Kier molecular flexibility index (Phi) is 5.69. The van der Waals surface area contributed by atoms with E-state index in [9.17, 15) is 24.8 Å². The molecule has 2 N–H and O–H groups in total. The maximum absolute atomic E-state index is 13.4. The second kappa shape index (κ2) is 8.75. The lowest BCUT2D eigenvalue weighted by molar-refractivity contribution is -0.384. The molecule has 4 aromatic rings. The number of aromatic nitrogens is 1. The molecule has 0 spiro atoms. The molecule has 0 fully saturated rings. The number of para-hydroxylation sites is 2. The van der Waals surface area contributed by atoms with Crippen LogP contribution in [0, 0.1) is 10.1 Å². The van der Waals surface area contributed by atoms with Gasteiger partial charge in [0.25, 0.3) is 17.2 Å². The van der Waals surface area contributed by atoms with Gasteiger partial charge in [-0.3, -0.25) is 24.3 Å². The van der Waals surface area contributed by atoms with Gasteiger partial charge in [-0.25, -0.2) is 5.43 Å². The highest BCUT2D eigenvalue weighted by Crippen LogP contribution is 2.28. The Bertz CT molecular complexity index is 1460. The highest BCUT2D eigenvalue weighted by Gasteiger charge is 2.19. The number of non-ortho nitro benzene ring substituents is 1. The van der Waals surface area contributed by atoms with E-state index in [0.29, 0.717) is 16.6 Å². The lowest BCUT2D eigenvalue weighted by atomic mass is 10.1. The van der Waals surface area contributed by atoms with E-state index in [4.69, 9.17) is 0 Å². The third kappa shape index (κ3) is 4.07. The first-order valence-corrected chi connectivity index (χ1v) is 9.90. The fourth-order valence-corrected chi connectivity index (χ4v) is 3.48. The maximum atomic E-state index is 13.4. The number of hydrogen-bond donors (Lipinski definition) is 2. The van der Waals surface area contributed by atoms with Crippen molar-refractivity contribution in [2.75, 3.05) is 0 Å². The van der Waals surface area contributed by atoms with Crippen molar-refractivity contribution in [3.63, 3.8) is 0 Å². The number of nitro groups is 1. The van der Waals surface area contributed by atoms with Gasteiger partial charge in [0, 0.05) is 28.8 Å². The first-order chi connectivity index (χ1) is 15.9. The van der Waals surface area contributed by atoms with Gasteiger partial charge in [0.15, 0.2) is 0 Å². The molecular formula is C24H18N4O5. The van der Waals surface area contributed by atoms with E-state index in [1.165, 1.54) is 35.8 Å². The molecule has 164 valence electrons. The maximum Gasteiger partial charge on any atom is 0.271 e. The van der Waals surface area contributed by atoms with Crippen LogP contribution < -0.4 is 11.0 Å². The van der Waals surface area contributed by atoms with Gasteiger partial charge < -0.3 is 5.11 Å². The summed E-state index contributed by atoms with van der Waals surface area (Å²) in [7, 11) is 0. The predicted octanol–water partition coefficient (Wildman–Crippen LogP) is 3.76. The molecule has 0 aliphatic rings. The van der Waals surface area contributed by atoms with Gasteiger partial charge in [-0.1, -0.05) is 30.3 Å². The molecular weight excluding hydrogens is 424 g/mol. The summed E-state index contributed by atoms with van der Waals surface area (Å²) in [5, 5.41) is 26.1. The number of carbonyl (C=O) groups is 1. The quantitative estimate of drug-likeness (QED) is 0.276. The van der Waals surface area contributed by atoms with E-state index in [1.807, 2.05) is 6.07 Å². The van der Waals surface area contributed by atoms with Crippen LogP contribution in [0.1, 0.15) is 22.8 Å². The smallest absolute Gasteiger partial charge is 0.271 e. The molecule has 0 saturated carbocycles. The Balaban J connectivity index is 1.76. The average Bonchev–Trinajstić information content (AvgIpc) is 2.83. The number of carbonyl (C=O) groups excluding carboxylic acids is 1. The molecule has 0 radical (unpaired) electrons. The molecule has 9 heteroatoms. The van der Waals surface area contributed by atoms with E-state index in [1.54, 1.807) is 48.5 Å². The van der Waals surface area contributed by atoms with Crippen LogP contribution in [-0.2, 0) is 0 Å². The van der Waals surface area contributed by atoms with Crippen LogP contribution in [0.5, 0.6) is 5.75 Å². The normalized spacial score (nSPS) is 11.4. The van der Waals surface area contributed by atoms with Gasteiger partial charge in [-0.2, -0.15) is 5.10 Å². The van der Waals surface area contributed by atoms with Crippen molar-refractivity contribution in [3.05, 3.63) is 110 Å². The number of amides is 1. The number of benzene rings is 3. The first kappa shape index (κ1) is 21.4. The molecule has 0 aliphatic carbocycles. The fourth-order valence-electron chi connectivity index (χ4n) is 3.48. The number of pyridine rings is 1. The van der Waals surface area contributed by atoms with Crippen LogP contribution in [0.25, 0.3) is 16.6 Å². The highest BCUT2D eigenvalue weighted by atomic mass is 16.6. The molecule has 1 amide bonds. The summed E-state index contributed by atoms with van der Waals surface area (Å²) in [6.07, 6.45) is 0. The number of nitrogens with zero attached hydrogens (tertiary/aromatic N) is 3. The van der Waals surface area contributed by atoms with Crippen molar-refractivity contribution in [2.24, 2.45) is 5.10 Å². The van der Waals surface area contributed by atoms with Crippen molar-refractivity contribution < 1.29 is 14.8 Å². The predicted molar refractivity (Wildman–Crippen MR) is 124 cm³/mol. The molecule has 0 saturated heterocycles. The SMILES string of the molecule is C/C(=N\NC(=O)c1ccc([N+](=O)[O-])cc1)c1c(O)c2ccccc2n(-c2ccccc2)c1=O. The number of aromatic hydroxyl groups is 1. The van der Waals surface area contributed by atoms with Gasteiger partial charge in [0.05, 0.1) is 16.2 Å². The van der Waals surface area contributed by atoms with Crippen molar-refractivity contribution >= 4 is 28.2 Å².